The number of carbonyl (C=O) groups excluding carboxylic acids is 1. The standard InChI is InChI=1S/C20H17FN4OS/c1-13-18-15(21)3-2-4-16(18)27-19(13)20(26)25-9-7-24(8-10-25)17-11-14(12-22)5-6-23-17/h2-6,11H,7-10H2,1H3. The molecule has 4 rings (SSSR count). The maximum absolute atomic E-state index is 14.1. The van der Waals surface area contributed by atoms with E-state index in [1.165, 1.54) is 17.4 Å². The third-order valence-electron chi connectivity index (χ3n) is 4.86. The fourth-order valence-corrected chi connectivity index (χ4v) is 4.59. The van der Waals surface area contributed by atoms with Crippen LogP contribution in [0.15, 0.2) is 36.5 Å². The molecule has 3 heterocycles. The summed E-state index contributed by atoms with van der Waals surface area (Å²) in [5.74, 6) is 0.418. The van der Waals surface area contributed by atoms with Gasteiger partial charge in [-0.15, -0.1) is 11.3 Å². The molecule has 27 heavy (non-hydrogen) atoms. The van der Waals surface area contributed by atoms with Crippen molar-refractivity contribution in [3.8, 4) is 6.07 Å². The molecule has 1 aliphatic rings. The van der Waals surface area contributed by atoms with Crippen molar-refractivity contribution in [1.29, 1.82) is 5.26 Å². The fraction of sp³-hybridized carbons (Fsp3) is 0.250. The average Bonchev–Trinajstić information content (AvgIpc) is 3.05. The summed E-state index contributed by atoms with van der Waals surface area (Å²) in [5, 5.41) is 9.58. The number of benzene rings is 1. The lowest BCUT2D eigenvalue weighted by Crippen LogP contribution is -2.49. The molecular weight excluding hydrogens is 363 g/mol. The molecular formula is C20H17FN4OS. The van der Waals surface area contributed by atoms with Gasteiger partial charge in [0, 0.05) is 42.5 Å². The molecule has 1 amide bonds. The van der Waals surface area contributed by atoms with Crippen LogP contribution in [0.2, 0.25) is 0 Å². The first-order valence-corrected chi connectivity index (χ1v) is 9.48. The van der Waals surface area contributed by atoms with Gasteiger partial charge in [-0.1, -0.05) is 6.07 Å². The number of thiophene rings is 1. The van der Waals surface area contributed by atoms with Gasteiger partial charge in [-0.25, -0.2) is 9.37 Å². The summed E-state index contributed by atoms with van der Waals surface area (Å²) in [6.45, 7) is 4.22. The van der Waals surface area contributed by atoms with Crippen LogP contribution in [0.4, 0.5) is 10.2 Å². The molecule has 0 unspecified atom stereocenters. The molecule has 0 spiro atoms. The number of pyridine rings is 1. The number of anilines is 1. The van der Waals surface area contributed by atoms with Gasteiger partial charge in [0.1, 0.15) is 11.6 Å². The smallest absolute Gasteiger partial charge is 0.264 e. The van der Waals surface area contributed by atoms with Crippen molar-refractivity contribution in [2.45, 2.75) is 6.92 Å². The number of aromatic nitrogens is 1. The zero-order valence-corrected chi connectivity index (χ0v) is 15.6. The van der Waals surface area contributed by atoms with Crippen LogP contribution >= 0.6 is 11.3 Å². The van der Waals surface area contributed by atoms with E-state index in [2.05, 4.69) is 16.0 Å². The molecule has 0 aliphatic carbocycles. The average molecular weight is 380 g/mol. The third kappa shape index (κ3) is 3.13. The summed E-state index contributed by atoms with van der Waals surface area (Å²) in [7, 11) is 0. The summed E-state index contributed by atoms with van der Waals surface area (Å²) in [6.07, 6.45) is 1.63. The molecule has 2 aromatic heterocycles. The van der Waals surface area contributed by atoms with Crippen molar-refractivity contribution in [2.24, 2.45) is 0 Å². The lowest BCUT2D eigenvalue weighted by molar-refractivity contribution is 0.0751. The van der Waals surface area contributed by atoms with Crippen LogP contribution in [0, 0.1) is 24.1 Å². The van der Waals surface area contributed by atoms with Crippen LogP contribution in [-0.4, -0.2) is 42.0 Å². The third-order valence-corrected chi connectivity index (χ3v) is 6.11. The highest BCUT2D eigenvalue weighted by molar-refractivity contribution is 7.21. The van der Waals surface area contributed by atoms with Gasteiger partial charge in [0.25, 0.3) is 5.91 Å². The van der Waals surface area contributed by atoms with Crippen LogP contribution in [0.3, 0.4) is 0 Å². The number of nitrogens with zero attached hydrogens (tertiary/aromatic N) is 4. The number of piperazine rings is 1. The van der Waals surface area contributed by atoms with Crippen LogP contribution in [0.1, 0.15) is 20.8 Å². The Bertz CT molecular complexity index is 1060. The van der Waals surface area contributed by atoms with E-state index in [1.54, 1.807) is 29.3 Å². The zero-order chi connectivity index (χ0) is 19.0. The minimum Gasteiger partial charge on any atom is -0.353 e. The first-order chi connectivity index (χ1) is 13.1. The molecule has 0 bridgehead atoms. The molecule has 0 radical (unpaired) electrons. The van der Waals surface area contributed by atoms with E-state index in [0.717, 1.165) is 10.5 Å². The van der Waals surface area contributed by atoms with E-state index in [-0.39, 0.29) is 11.7 Å². The number of hydrogen-bond donors (Lipinski definition) is 0. The quantitative estimate of drug-likeness (QED) is 0.682. The zero-order valence-electron chi connectivity index (χ0n) is 14.8. The second-order valence-electron chi connectivity index (χ2n) is 6.46. The Morgan fingerprint density at radius 1 is 1.26 bits per heavy atom. The number of nitriles is 1. The molecule has 1 saturated heterocycles. The van der Waals surface area contributed by atoms with Crippen molar-refractivity contribution >= 4 is 33.1 Å². The summed E-state index contributed by atoms with van der Waals surface area (Å²) in [6, 6.07) is 10.5. The van der Waals surface area contributed by atoms with E-state index in [1.807, 2.05) is 13.0 Å². The Morgan fingerprint density at radius 3 is 2.74 bits per heavy atom. The van der Waals surface area contributed by atoms with Gasteiger partial charge in [-0.3, -0.25) is 4.79 Å². The van der Waals surface area contributed by atoms with Gasteiger partial charge in [0.05, 0.1) is 16.5 Å². The van der Waals surface area contributed by atoms with E-state index in [4.69, 9.17) is 5.26 Å². The second-order valence-corrected chi connectivity index (χ2v) is 7.52. The Morgan fingerprint density at radius 2 is 2.04 bits per heavy atom. The SMILES string of the molecule is Cc1c(C(=O)N2CCN(c3cc(C#N)ccn3)CC2)sc2cccc(F)c12. The van der Waals surface area contributed by atoms with E-state index in [0.29, 0.717) is 47.6 Å². The van der Waals surface area contributed by atoms with Gasteiger partial charge < -0.3 is 9.80 Å². The summed E-state index contributed by atoms with van der Waals surface area (Å²) in [5.41, 5.74) is 1.28. The number of fused-ring (bicyclic) bond motifs is 1. The van der Waals surface area contributed by atoms with Gasteiger partial charge in [0.2, 0.25) is 0 Å². The molecule has 7 heteroatoms. The molecule has 1 fully saturated rings. The van der Waals surface area contributed by atoms with E-state index < -0.39 is 0 Å². The predicted molar refractivity (Wildman–Crippen MR) is 104 cm³/mol. The second kappa shape index (κ2) is 6.97. The lowest BCUT2D eigenvalue weighted by atomic mass is 10.1. The lowest BCUT2D eigenvalue weighted by Gasteiger charge is -2.35. The van der Waals surface area contributed by atoms with E-state index >= 15 is 0 Å². The Labute approximate surface area is 160 Å². The fourth-order valence-electron chi connectivity index (χ4n) is 3.40. The van der Waals surface area contributed by atoms with Crippen molar-refractivity contribution in [3.63, 3.8) is 0 Å². The minimum absolute atomic E-state index is 0.0496. The molecule has 1 aromatic carbocycles. The Balaban J connectivity index is 1.51. The Hall–Kier alpha value is -2.98. The van der Waals surface area contributed by atoms with Crippen LogP contribution in [0.25, 0.3) is 10.1 Å². The number of aryl methyl sites for hydroxylation is 1. The highest BCUT2D eigenvalue weighted by Gasteiger charge is 2.26. The number of hydrogen-bond acceptors (Lipinski definition) is 5. The van der Waals surface area contributed by atoms with E-state index in [9.17, 15) is 9.18 Å². The van der Waals surface area contributed by atoms with Gasteiger partial charge >= 0.3 is 0 Å². The van der Waals surface area contributed by atoms with Crippen molar-refractivity contribution in [1.82, 2.24) is 9.88 Å². The van der Waals surface area contributed by atoms with Crippen LogP contribution in [-0.2, 0) is 0 Å². The summed E-state index contributed by atoms with van der Waals surface area (Å²) < 4.78 is 14.9. The number of amides is 1. The molecule has 3 aromatic rings. The van der Waals surface area contributed by atoms with Gasteiger partial charge in [-0.2, -0.15) is 5.26 Å². The Kier molecular flexibility index (Phi) is 4.50. The van der Waals surface area contributed by atoms with Crippen molar-refractivity contribution in [2.75, 3.05) is 31.1 Å². The minimum atomic E-state index is -0.284. The monoisotopic (exact) mass is 380 g/mol. The highest BCUT2D eigenvalue weighted by atomic mass is 32.1. The molecule has 0 N–H and O–H groups in total. The van der Waals surface area contributed by atoms with Crippen LogP contribution in [0.5, 0.6) is 0 Å². The topological polar surface area (TPSA) is 60.2 Å². The first kappa shape index (κ1) is 17.4. The van der Waals surface area contributed by atoms with Crippen LogP contribution < -0.4 is 4.90 Å². The van der Waals surface area contributed by atoms with Gasteiger partial charge in [-0.05, 0) is 36.8 Å². The maximum atomic E-state index is 14.1. The summed E-state index contributed by atoms with van der Waals surface area (Å²) in [4.78, 5) is 21.8. The predicted octanol–water partition coefficient (Wildman–Crippen LogP) is 3.58. The molecule has 5 nitrogen and oxygen atoms in total. The number of carbonyl (C=O) groups is 1. The number of halogens is 1. The molecule has 0 atom stereocenters. The first-order valence-electron chi connectivity index (χ1n) is 8.66. The largest absolute Gasteiger partial charge is 0.353 e. The molecule has 136 valence electrons. The molecule has 1 aliphatic heterocycles. The number of rotatable bonds is 2. The molecule has 0 saturated carbocycles. The van der Waals surface area contributed by atoms with Crippen molar-refractivity contribution < 1.29 is 9.18 Å². The summed E-state index contributed by atoms with van der Waals surface area (Å²) >= 11 is 1.35. The van der Waals surface area contributed by atoms with Gasteiger partial charge in [0.15, 0.2) is 0 Å². The maximum Gasteiger partial charge on any atom is 0.264 e. The normalized spacial score (nSPS) is 14.4. The highest BCUT2D eigenvalue weighted by Crippen LogP contribution is 2.33. The van der Waals surface area contributed by atoms with Crippen molar-refractivity contribution in [3.05, 3.63) is 58.3 Å².